The van der Waals surface area contributed by atoms with E-state index in [0.717, 1.165) is 23.7 Å². The number of Topliss-reactive ketones (excluding diaryl/α,β-unsaturated/α-hetero) is 1. The van der Waals surface area contributed by atoms with Gasteiger partial charge in [-0.25, -0.2) is 0 Å². The van der Waals surface area contributed by atoms with Gasteiger partial charge in [0.15, 0.2) is 0 Å². The Kier molecular flexibility index (Phi) is 3.93. The van der Waals surface area contributed by atoms with E-state index >= 15 is 0 Å². The van der Waals surface area contributed by atoms with Crippen LogP contribution < -0.4 is 0 Å². The van der Waals surface area contributed by atoms with Crippen molar-refractivity contribution in [3.63, 3.8) is 0 Å². The van der Waals surface area contributed by atoms with Crippen LogP contribution >= 0.6 is 0 Å². The molecule has 0 radical (unpaired) electrons. The van der Waals surface area contributed by atoms with Crippen molar-refractivity contribution in [3.8, 4) is 0 Å². The van der Waals surface area contributed by atoms with E-state index in [2.05, 4.69) is 13.8 Å². The highest BCUT2D eigenvalue weighted by atomic mass is 16.1. The van der Waals surface area contributed by atoms with Crippen molar-refractivity contribution in [1.29, 1.82) is 0 Å². The van der Waals surface area contributed by atoms with E-state index in [-0.39, 0.29) is 0 Å². The van der Waals surface area contributed by atoms with Gasteiger partial charge in [0.1, 0.15) is 5.78 Å². The van der Waals surface area contributed by atoms with Crippen molar-refractivity contribution in [1.82, 2.24) is 0 Å². The van der Waals surface area contributed by atoms with E-state index in [9.17, 15) is 4.79 Å². The first-order valence-electron chi connectivity index (χ1n) is 10.5. The molecule has 0 heterocycles. The number of carbonyl (C=O) groups excluding carboxylic acids is 1. The second kappa shape index (κ2) is 5.60. The zero-order chi connectivity index (χ0) is 16.2. The average molecular weight is 317 g/mol. The third-order valence-electron chi connectivity index (χ3n) is 9.32. The predicted octanol–water partition coefficient (Wildman–Crippen LogP) is 6.01. The van der Waals surface area contributed by atoms with Crippen LogP contribution in [-0.2, 0) is 4.79 Å². The molecule has 4 aliphatic carbocycles. The molecule has 0 spiro atoms. The highest BCUT2D eigenvalue weighted by molar-refractivity contribution is 5.79. The normalized spacial score (nSPS) is 52.9. The van der Waals surface area contributed by atoms with Gasteiger partial charge in [0.25, 0.3) is 0 Å². The first kappa shape index (κ1) is 16.2. The topological polar surface area (TPSA) is 17.1 Å². The van der Waals surface area contributed by atoms with Crippen LogP contribution in [0, 0.1) is 40.4 Å². The quantitative estimate of drug-likeness (QED) is 0.578. The molecule has 1 nitrogen and oxygen atoms in total. The van der Waals surface area contributed by atoms with Crippen LogP contribution in [0.3, 0.4) is 0 Å². The van der Waals surface area contributed by atoms with Gasteiger partial charge in [0, 0.05) is 5.92 Å². The van der Waals surface area contributed by atoms with E-state index in [1.54, 1.807) is 0 Å². The van der Waals surface area contributed by atoms with Crippen LogP contribution in [0.2, 0.25) is 0 Å². The highest BCUT2D eigenvalue weighted by Crippen LogP contribution is 2.66. The summed E-state index contributed by atoms with van der Waals surface area (Å²) in [5.74, 6) is 4.56. The fourth-order valence-electron chi connectivity index (χ4n) is 8.17. The third kappa shape index (κ3) is 2.28. The Bertz CT molecular complexity index is 482. The molecule has 0 bridgehead atoms. The number of fused-ring (bicyclic) bond motifs is 5. The van der Waals surface area contributed by atoms with Crippen LogP contribution in [0.15, 0.2) is 0 Å². The van der Waals surface area contributed by atoms with Crippen molar-refractivity contribution < 1.29 is 4.79 Å². The summed E-state index contributed by atoms with van der Waals surface area (Å²) in [5, 5.41) is 0. The second-order valence-electron chi connectivity index (χ2n) is 10.0. The summed E-state index contributed by atoms with van der Waals surface area (Å²) >= 11 is 0. The molecule has 0 amide bonds. The highest BCUT2D eigenvalue weighted by Gasteiger charge is 2.59. The van der Waals surface area contributed by atoms with Gasteiger partial charge in [0.2, 0.25) is 0 Å². The van der Waals surface area contributed by atoms with Crippen LogP contribution in [-0.4, -0.2) is 5.78 Å². The molecule has 0 aliphatic heterocycles. The maximum Gasteiger partial charge on any atom is 0.133 e. The minimum atomic E-state index is 0.331. The van der Waals surface area contributed by atoms with Crippen LogP contribution in [0.4, 0.5) is 0 Å². The lowest BCUT2D eigenvalue weighted by Gasteiger charge is -2.55. The first-order valence-corrected chi connectivity index (χ1v) is 10.5. The molecule has 7 atom stereocenters. The molecule has 0 aromatic heterocycles. The number of hydrogen-bond donors (Lipinski definition) is 0. The minimum Gasteiger partial charge on any atom is -0.300 e. The molecule has 0 aromatic carbocycles. The van der Waals surface area contributed by atoms with Crippen molar-refractivity contribution in [3.05, 3.63) is 0 Å². The van der Waals surface area contributed by atoms with Crippen LogP contribution in [0.25, 0.3) is 0 Å². The summed E-state index contributed by atoms with van der Waals surface area (Å²) in [6.07, 6.45) is 15.6. The zero-order valence-corrected chi connectivity index (χ0v) is 15.6. The number of carbonyl (C=O) groups is 1. The van der Waals surface area contributed by atoms with Crippen molar-refractivity contribution in [2.45, 2.75) is 91.4 Å². The molecule has 4 fully saturated rings. The zero-order valence-electron chi connectivity index (χ0n) is 15.6. The maximum absolute atomic E-state index is 12.2. The van der Waals surface area contributed by atoms with E-state index in [1.165, 1.54) is 70.6 Å². The fraction of sp³-hybridized carbons (Fsp3) is 0.955. The molecule has 1 heteroatoms. The number of hydrogen-bond acceptors (Lipinski definition) is 1. The molecule has 0 saturated heterocycles. The summed E-state index contributed by atoms with van der Waals surface area (Å²) in [7, 11) is 0. The van der Waals surface area contributed by atoms with Crippen molar-refractivity contribution in [2.75, 3.05) is 0 Å². The lowest BCUT2D eigenvalue weighted by atomic mass is 9.49. The van der Waals surface area contributed by atoms with Gasteiger partial charge >= 0.3 is 0 Å². The van der Waals surface area contributed by atoms with Gasteiger partial charge in [-0.1, -0.05) is 33.1 Å². The van der Waals surface area contributed by atoms with Crippen molar-refractivity contribution >= 4 is 5.78 Å². The monoisotopic (exact) mass is 316 g/mol. The Morgan fingerprint density at radius 2 is 1.52 bits per heavy atom. The lowest BCUT2D eigenvalue weighted by molar-refractivity contribution is -0.128. The molecule has 0 N–H and O–H groups in total. The lowest BCUT2D eigenvalue weighted by Crippen LogP contribution is -2.49. The molecule has 4 saturated carbocycles. The molecule has 3 unspecified atom stereocenters. The standard InChI is InChI=1S/C22H36O/c1-15(23)18-10-11-19-17-9-6-8-16-7-4-5-13-21(16,2)20(17)12-14-22(18,19)3/h16-20H,4-14H2,1-3H3/t16?,17-,18-,19?,20?,21+,22-/m1/s1. The Morgan fingerprint density at radius 1 is 0.783 bits per heavy atom. The van der Waals surface area contributed by atoms with E-state index in [4.69, 9.17) is 0 Å². The molecule has 0 aromatic rings. The van der Waals surface area contributed by atoms with E-state index in [0.29, 0.717) is 22.5 Å². The Balaban J connectivity index is 1.66. The molecule has 130 valence electrons. The Hall–Kier alpha value is -0.330. The van der Waals surface area contributed by atoms with Gasteiger partial charge < -0.3 is 0 Å². The van der Waals surface area contributed by atoms with E-state index in [1.807, 2.05) is 6.92 Å². The summed E-state index contributed by atoms with van der Waals surface area (Å²) in [4.78, 5) is 12.2. The van der Waals surface area contributed by atoms with Gasteiger partial charge in [0.05, 0.1) is 0 Å². The summed E-state index contributed by atoms with van der Waals surface area (Å²) < 4.78 is 0. The summed E-state index contributed by atoms with van der Waals surface area (Å²) in [6.45, 7) is 7.01. The molecule has 4 rings (SSSR count). The van der Waals surface area contributed by atoms with Gasteiger partial charge in [-0.05, 0) is 92.8 Å². The predicted molar refractivity (Wildman–Crippen MR) is 95.1 cm³/mol. The molecular weight excluding hydrogens is 280 g/mol. The minimum absolute atomic E-state index is 0.331. The second-order valence-corrected chi connectivity index (χ2v) is 10.0. The average Bonchev–Trinajstić information content (AvgIpc) is 2.78. The van der Waals surface area contributed by atoms with Crippen molar-refractivity contribution in [2.24, 2.45) is 40.4 Å². The van der Waals surface area contributed by atoms with E-state index < -0.39 is 0 Å². The molecule has 4 aliphatic rings. The number of rotatable bonds is 1. The van der Waals surface area contributed by atoms with Gasteiger partial charge in [-0.3, -0.25) is 4.79 Å². The number of ketones is 1. The molecule has 23 heavy (non-hydrogen) atoms. The third-order valence-corrected chi connectivity index (χ3v) is 9.32. The first-order chi connectivity index (χ1) is 11.0. The summed E-state index contributed by atoms with van der Waals surface area (Å²) in [5.41, 5.74) is 0.951. The smallest absolute Gasteiger partial charge is 0.133 e. The fourth-order valence-corrected chi connectivity index (χ4v) is 8.17. The van der Waals surface area contributed by atoms with Gasteiger partial charge in [-0.2, -0.15) is 0 Å². The van der Waals surface area contributed by atoms with Crippen LogP contribution in [0.1, 0.15) is 91.4 Å². The maximum atomic E-state index is 12.2. The SMILES string of the molecule is CC(=O)[C@H]1CCC2[C@H]3CCCC4CCCC[C@]4(C)C3CC[C@@]21C. The molecular formula is C22H36O. The Labute approximate surface area is 143 Å². The van der Waals surface area contributed by atoms with Gasteiger partial charge in [-0.15, -0.1) is 0 Å². The largest absolute Gasteiger partial charge is 0.300 e. The Morgan fingerprint density at radius 3 is 2.30 bits per heavy atom. The summed E-state index contributed by atoms with van der Waals surface area (Å²) in [6, 6.07) is 0. The van der Waals surface area contributed by atoms with Crippen LogP contribution in [0.5, 0.6) is 0 Å².